The number of hydrogen-bond donors (Lipinski definition) is 3. The number of fused-ring (bicyclic) bond motifs is 1. The van der Waals surface area contributed by atoms with Gasteiger partial charge in [0.2, 0.25) is 0 Å². The highest BCUT2D eigenvalue weighted by Crippen LogP contribution is 2.37. The van der Waals surface area contributed by atoms with Crippen molar-refractivity contribution in [2.75, 3.05) is 18.9 Å². The zero-order chi connectivity index (χ0) is 27.2. The number of nitrogen functional groups attached to an aromatic ring is 1. The molecule has 3 aromatic heterocycles. The number of imidazole rings is 1. The second-order valence-electron chi connectivity index (χ2n) is 7.50. The summed E-state index contributed by atoms with van der Waals surface area (Å²) >= 11 is 6.21. The van der Waals surface area contributed by atoms with Gasteiger partial charge in [-0.15, -0.1) is 0 Å². The van der Waals surface area contributed by atoms with Gasteiger partial charge < -0.3 is 25.9 Å². The van der Waals surface area contributed by atoms with Gasteiger partial charge >= 0.3 is 12.1 Å². The van der Waals surface area contributed by atoms with E-state index in [1.165, 1.54) is 0 Å². The molecule has 0 bridgehead atoms. The Labute approximate surface area is 213 Å². The zero-order valence-corrected chi connectivity index (χ0v) is 20.3. The van der Waals surface area contributed by atoms with Gasteiger partial charge in [-0.25, -0.2) is 19.4 Å². The van der Waals surface area contributed by atoms with Crippen LogP contribution in [-0.4, -0.2) is 55.3 Å². The smallest absolute Gasteiger partial charge is 0.490 e. The number of pyridine rings is 1. The fourth-order valence-corrected chi connectivity index (χ4v) is 3.52. The van der Waals surface area contributed by atoms with Crippen molar-refractivity contribution in [3.8, 4) is 28.5 Å². The standard InChI is InChI=1S/C20H22ClN7O2.C2HF3O2/c1-2-28-18-14(29-9-4-3-8-22)11-24-15(12-6-5-7-13(21)10-12)16(18)25-20(28)17-19(23)27-30-26-17;3-2(4,5)1(6)7/h5-7,10-11H,2-4,8-9,22H2,1H3,(H2,23,27);(H,6,7). The highest BCUT2D eigenvalue weighted by Gasteiger charge is 2.38. The Balaban J connectivity index is 0.000000479. The van der Waals surface area contributed by atoms with Crippen LogP contribution >= 0.6 is 11.6 Å². The largest absolute Gasteiger partial charge is 0.490 e. The molecule has 198 valence electrons. The topological polar surface area (TPSA) is 168 Å². The van der Waals surface area contributed by atoms with Gasteiger partial charge in [0.1, 0.15) is 11.0 Å². The molecule has 0 fully saturated rings. The number of aromatic nitrogens is 5. The molecule has 3 heterocycles. The van der Waals surface area contributed by atoms with Crippen molar-refractivity contribution in [1.82, 2.24) is 24.8 Å². The molecule has 0 aliphatic carbocycles. The summed E-state index contributed by atoms with van der Waals surface area (Å²) in [6, 6.07) is 7.47. The third-order valence-corrected chi connectivity index (χ3v) is 5.21. The summed E-state index contributed by atoms with van der Waals surface area (Å²) in [6.07, 6.45) is -1.64. The Morgan fingerprint density at radius 3 is 2.54 bits per heavy atom. The molecular weight excluding hydrogens is 519 g/mol. The first kappa shape index (κ1) is 27.7. The van der Waals surface area contributed by atoms with Crippen molar-refractivity contribution in [3.05, 3.63) is 35.5 Å². The molecule has 0 unspecified atom stereocenters. The molecule has 0 radical (unpaired) electrons. The predicted molar refractivity (Wildman–Crippen MR) is 129 cm³/mol. The Hall–Kier alpha value is -3.91. The first-order valence-corrected chi connectivity index (χ1v) is 11.3. The van der Waals surface area contributed by atoms with E-state index >= 15 is 0 Å². The van der Waals surface area contributed by atoms with Crippen LogP contribution in [0.5, 0.6) is 5.75 Å². The highest BCUT2D eigenvalue weighted by molar-refractivity contribution is 6.30. The monoisotopic (exact) mass is 541 g/mol. The molecule has 4 rings (SSSR count). The Morgan fingerprint density at radius 1 is 1.24 bits per heavy atom. The lowest BCUT2D eigenvalue weighted by atomic mass is 10.1. The normalized spacial score (nSPS) is 11.3. The third-order valence-electron chi connectivity index (χ3n) is 4.97. The number of benzene rings is 1. The van der Waals surface area contributed by atoms with E-state index in [1.807, 2.05) is 35.8 Å². The summed E-state index contributed by atoms with van der Waals surface area (Å²) in [5, 5.41) is 15.4. The minimum absolute atomic E-state index is 0.169. The second kappa shape index (κ2) is 11.9. The van der Waals surface area contributed by atoms with Crippen LogP contribution in [-0.2, 0) is 11.3 Å². The number of carboxylic acid groups (broad SMARTS) is 1. The Kier molecular flexibility index (Phi) is 8.89. The van der Waals surface area contributed by atoms with Crippen LogP contribution in [0.15, 0.2) is 35.1 Å². The molecule has 0 aliphatic rings. The summed E-state index contributed by atoms with van der Waals surface area (Å²) < 4.78 is 44.5. The molecular formula is C22H23ClF3N7O4. The van der Waals surface area contributed by atoms with Gasteiger partial charge in [-0.1, -0.05) is 23.7 Å². The summed E-state index contributed by atoms with van der Waals surface area (Å²) in [7, 11) is 0. The van der Waals surface area contributed by atoms with Crippen molar-refractivity contribution >= 4 is 34.4 Å². The van der Waals surface area contributed by atoms with Crippen molar-refractivity contribution in [3.63, 3.8) is 0 Å². The number of aliphatic carboxylic acids is 1. The number of nitrogens with zero attached hydrogens (tertiary/aromatic N) is 5. The molecule has 0 spiro atoms. The number of unbranched alkanes of at least 4 members (excludes halogenated alkanes) is 1. The van der Waals surface area contributed by atoms with Crippen LogP contribution in [0.2, 0.25) is 5.02 Å². The maximum absolute atomic E-state index is 10.6. The SMILES string of the molecule is CCn1c(-c2nonc2N)nc2c(-c3cccc(Cl)c3)ncc(OCCCCN)c21.O=C(O)C(F)(F)F. The molecule has 0 amide bonds. The first-order chi connectivity index (χ1) is 17.6. The molecule has 0 aliphatic heterocycles. The maximum Gasteiger partial charge on any atom is 0.490 e. The van der Waals surface area contributed by atoms with E-state index in [1.54, 1.807) is 6.20 Å². The van der Waals surface area contributed by atoms with Gasteiger partial charge in [-0.3, -0.25) is 0 Å². The van der Waals surface area contributed by atoms with Crippen LogP contribution in [0.25, 0.3) is 33.8 Å². The minimum atomic E-state index is -5.08. The molecule has 15 heteroatoms. The zero-order valence-electron chi connectivity index (χ0n) is 19.5. The van der Waals surface area contributed by atoms with Gasteiger partial charge in [0.05, 0.1) is 18.5 Å². The molecule has 0 saturated heterocycles. The Bertz CT molecular complexity index is 1370. The molecule has 0 atom stereocenters. The van der Waals surface area contributed by atoms with E-state index in [9.17, 15) is 13.2 Å². The number of alkyl halides is 3. The molecule has 5 N–H and O–H groups in total. The lowest BCUT2D eigenvalue weighted by molar-refractivity contribution is -0.192. The minimum Gasteiger partial charge on any atom is -0.490 e. The van der Waals surface area contributed by atoms with E-state index in [-0.39, 0.29) is 5.82 Å². The van der Waals surface area contributed by atoms with E-state index < -0.39 is 12.1 Å². The van der Waals surface area contributed by atoms with E-state index in [4.69, 9.17) is 47.3 Å². The van der Waals surface area contributed by atoms with Gasteiger partial charge in [0.25, 0.3) is 0 Å². The molecule has 4 aromatic rings. The summed E-state index contributed by atoms with van der Waals surface area (Å²) in [6.45, 7) is 3.77. The first-order valence-electron chi connectivity index (χ1n) is 10.9. The number of carbonyl (C=O) groups is 1. The second-order valence-corrected chi connectivity index (χ2v) is 7.94. The number of nitrogens with two attached hydrogens (primary N) is 2. The predicted octanol–water partition coefficient (Wildman–Crippen LogP) is 4.15. The average Bonchev–Trinajstić information content (AvgIpc) is 3.44. The van der Waals surface area contributed by atoms with Crippen LogP contribution in [0.3, 0.4) is 0 Å². The van der Waals surface area contributed by atoms with Gasteiger partial charge in [0, 0.05) is 17.1 Å². The number of rotatable bonds is 8. The van der Waals surface area contributed by atoms with Crippen LogP contribution in [0.1, 0.15) is 19.8 Å². The highest BCUT2D eigenvalue weighted by atomic mass is 35.5. The lowest BCUT2D eigenvalue weighted by Crippen LogP contribution is -2.21. The fourth-order valence-electron chi connectivity index (χ4n) is 3.33. The molecule has 0 saturated carbocycles. The van der Waals surface area contributed by atoms with E-state index in [0.717, 1.165) is 23.9 Å². The van der Waals surface area contributed by atoms with Crippen LogP contribution < -0.4 is 16.2 Å². The van der Waals surface area contributed by atoms with Gasteiger partial charge in [-0.2, -0.15) is 13.2 Å². The summed E-state index contributed by atoms with van der Waals surface area (Å²) in [4.78, 5) is 18.3. The van der Waals surface area contributed by atoms with Gasteiger partial charge in [0.15, 0.2) is 23.1 Å². The molecule has 1 aromatic carbocycles. The average molecular weight is 542 g/mol. The van der Waals surface area contributed by atoms with Crippen LogP contribution in [0.4, 0.5) is 19.0 Å². The number of carboxylic acids is 1. The lowest BCUT2D eigenvalue weighted by Gasteiger charge is -2.12. The van der Waals surface area contributed by atoms with Crippen molar-refractivity contribution in [2.45, 2.75) is 32.5 Å². The summed E-state index contributed by atoms with van der Waals surface area (Å²) in [5.41, 5.74) is 14.9. The third kappa shape index (κ3) is 6.46. The number of hydrogen-bond acceptors (Lipinski definition) is 9. The fraction of sp³-hybridized carbons (Fsp3) is 0.318. The Morgan fingerprint density at radius 2 is 1.97 bits per heavy atom. The number of aryl methyl sites for hydroxylation is 1. The van der Waals surface area contributed by atoms with Crippen molar-refractivity contribution in [2.24, 2.45) is 5.73 Å². The van der Waals surface area contributed by atoms with Crippen molar-refractivity contribution in [1.29, 1.82) is 0 Å². The number of ether oxygens (including phenoxy) is 1. The molecule has 11 nitrogen and oxygen atoms in total. The summed E-state index contributed by atoms with van der Waals surface area (Å²) in [5.74, 6) is -1.42. The molecule has 37 heavy (non-hydrogen) atoms. The quantitative estimate of drug-likeness (QED) is 0.275. The van der Waals surface area contributed by atoms with Crippen LogP contribution in [0, 0.1) is 0 Å². The van der Waals surface area contributed by atoms with Crippen molar-refractivity contribution < 1.29 is 32.4 Å². The van der Waals surface area contributed by atoms with E-state index in [2.05, 4.69) is 15.3 Å². The number of halogens is 4. The van der Waals surface area contributed by atoms with E-state index in [0.29, 0.717) is 53.2 Å². The number of anilines is 1. The maximum atomic E-state index is 10.6. The van der Waals surface area contributed by atoms with Gasteiger partial charge in [-0.05, 0) is 48.8 Å².